The van der Waals surface area contributed by atoms with E-state index in [1.165, 1.54) is 12.1 Å². The van der Waals surface area contributed by atoms with Crippen LogP contribution in [0, 0.1) is 5.82 Å². The highest BCUT2D eigenvalue weighted by Gasteiger charge is 2.06. The summed E-state index contributed by atoms with van der Waals surface area (Å²) in [5.41, 5.74) is 11.3. The van der Waals surface area contributed by atoms with Gasteiger partial charge in [-0.15, -0.1) is 0 Å². The predicted octanol–water partition coefficient (Wildman–Crippen LogP) is 0.400. The van der Waals surface area contributed by atoms with Gasteiger partial charge in [0, 0.05) is 0 Å². The molecule has 0 saturated heterocycles. The Morgan fingerprint density at radius 2 is 2.17 bits per heavy atom. The maximum atomic E-state index is 12.8. The molecule has 0 fully saturated rings. The second-order valence-electron chi connectivity index (χ2n) is 2.57. The predicted molar refractivity (Wildman–Crippen MR) is 44.8 cm³/mol. The van der Waals surface area contributed by atoms with Crippen LogP contribution in [-0.4, -0.2) is 11.7 Å². The zero-order valence-corrected chi connectivity index (χ0v) is 6.50. The van der Waals surface area contributed by atoms with Crippen molar-refractivity contribution in [2.24, 2.45) is 5.73 Å². The van der Waals surface area contributed by atoms with E-state index in [0.717, 1.165) is 0 Å². The van der Waals surface area contributed by atoms with Crippen LogP contribution in [0.5, 0.6) is 0 Å². The van der Waals surface area contributed by atoms with Crippen molar-refractivity contribution in [3.05, 3.63) is 29.6 Å². The fraction of sp³-hybridized carbons (Fsp3) is 0.250. The van der Waals surface area contributed by atoms with Gasteiger partial charge in [0.15, 0.2) is 0 Å². The van der Waals surface area contributed by atoms with Gasteiger partial charge >= 0.3 is 0 Å². The van der Waals surface area contributed by atoms with E-state index in [1.54, 1.807) is 6.07 Å². The van der Waals surface area contributed by atoms with E-state index in [0.29, 0.717) is 5.56 Å². The summed E-state index contributed by atoms with van der Waals surface area (Å²) in [5, 5.41) is 8.67. The fourth-order valence-corrected chi connectivity index (χ4v) is 0.879. The first-order valence-corrected chi connectivity index (χ1v) is 3.56. The molecule has 0 aliphatic heterocycles. The number of hydrogen-bond acceptors (Lipinski definition) is 3. The number of aliphatic hydroxyl groups excluding tert-OH is 1. The summed E-state index contributed by atoms with van der Waals surface area (Å²) >= 11 is 0. The molecular formula is C8H11FN2O. The van der Waals surface area contributed by atoms with Gasteiger partial charge in [0.1, 0.15) is 5.82 Å². The number of nitrogens with two attached hydrogens (primary N) is 2. The summed E-state index contributed by atoms with van der Waals surface area (Å²) in [6.07, 6.45) is 0. The average molecular weight is 170 g/mol. The fourth-order valence-electron chi connectivity index (χ4n) is 0.879. The van der Waals surface area contributed by atoms with Gasteiger partial charge in [0.05, 0.1) is 18.3 Å². The minimum Gasteiger partial charge on any atom is -0.396 e. The molecule has 0 heterocycles. The van der Waals surface area contributed by atoms with Crippen LogP contribution in [0.3, 0.4) is 0 Å². The minimum absolute atomic E-state index is 0.0869. The summed E-state index contributed by atoms with van der Waals surface area (Å²) in [6.45, 7) is -0.205. The van der Waals surface area contributed by atoms with Crippen molar-refractivity contribution in [3.8, 4) is 0 Å². The highest BCUT2D eigenvalue weighted by atomic mass is 19.1. The molecule has 1 aromatic rings. The largest absolute Gasteiger partial charge is 0.396 e. The number of anilines is 1. The Kier molecular flexibility index (Phi) is 2.62. The first-order chi connectivity index (χ1) is 5.65. The zero-order chi connectivity index (χ0) is 9.14. The normalized spacial score (nSPS) is 12.9. The van der Waals surface area contributed by atoms with E-state index in [9.17, 15) is 4.39 Å². The van der Waals surface area contributed by atoms with Crippen LogP contribution in [0.2, 0.25) is 0 Å². The summed E-state index contributed by atoms with van der Waals surface area (Å²) in [5.74, 6) is -0.503. The van der Waals surface area contributed by atoms with Gasteiger partial charge in [-0.1, -0.05) is 6.07 Å². The lowest BCUT2D eigenvalue weighted by atomic mass is 10.1. The standard InChI is InChI=1S/C8H11FN2O/c9-6-3-5(8(11)4-12)1-2-7(6)10/h1-3,8,12H,4,10-11H2/t8-/m1/s1. The topological polar surface area (TPSA) is 72.3 Å². The molecule has 0 spiro atoms. The van der Waals surface area contributed by atoms with Crippen LogP contribution in [-0.2, 0) is 0 Å². The second-order valence-corrected chi connectivity index (χ2v) is 2.57. The smallest absolute Gasteiger partial charge is 0.146 e. The summed E-state index contributed by atoms with van der Waals surface area (Å²) in [4.78, 5) is 0. The Bertz CT molecular complexity index is 278. The van der Waals surface area contributed by atoms with E-state index in [-0.39, 0.29) is 12.3 Å². The molecule has 0 radical (unpaired) electrons. The van der Waals surface area contributed by atoms with Gasteiger partial charge in [-0.05, 0) is 17.7 Å². The molecule has 66 valence electrons. The van der Waals surface area contributed by atoms with Crippen LogP contribution < -0.4 is 11.5 Å². The number of rotatable bonds is 2. The van der Waals surface area contributed by atoms with Gasteiger partial charge in [-0.25, -0.2) is 4.39 Å². The van der Waals surface area contributed by atoms with Gasteiger partial charge in [0.2, 0.25) is 0 Å². The van der Waals surface area contributed by atoms with E-state index in [2.05, 4.69) is 0 Å². The van der Waals surface area contributed by atoms with Crippen LogP contribution in [0.1, 0.15) is 11.6 Å². The quantitative estimate of drug-likeness (QED) is 0.562. The molecule has 1 atom stereocenters. The first kappa shape index (κ1) is 8.96. The first-order valence-electron chi connectivity index (χ1n) is 3.56. The Labute approximate surface area is 69.8 Å². The number of aliphatic hydroxyl groups is 1. The van der Waals surface area contributed by atoms with Crippen LogP contribution in [0.25, 0.3) is 0 Å². The van der Waals surface area contributed by atoms with E-state index >= 15 is 0 Å². The molecule has 1 rings (SSSR count). The van der Waals surface area contributed by atoms with E-state index < -0.39 is 11.9 Å². The zero-order valence-electron chi connectivity index (χ0n) is 6.50. The third kappa shape index (κ3) is 1.72. The number of benzene rings is 1. The van der Waals surface area contributed by atoms with Gasteiger partial charge < -0.3 is 16.6 Å². The lowest BCUT2D eigenvalue weighted by Gasteiger charge is -2.08. The number of halogens is 1. The third-order valence-corrected chi connectivity index (χ3v) is 1.65. The van der Waals surface area contributed by atoms with Gasteiger partial charge in [0.25, 0.3) is 0 Å². The lowest BCUT2D eigenvalue weighted by Crippen LogP contribution is -2.14. The molecule has 5 N–H and O–H groups in total. The molecule has 0 amide bonds. The minimum atomic E-state index is -0.542. The lowest BCUT2D eigenvalue weighted by molar-refractivity contribution is 0.268. The van der Waals surface area contributed by atoms with E-state index in [1.807, 2.05) is 0 Å². The molecule has 0 aromatic heterocycles. The van der Waals surface area contributed by atoms with Crippen LogP contribution >= 0.6 is 0 Å². The summed E-state index contributed by atoms with van der Waals surface area (Å²) in [6, 6.07) is 3.72. The molecule has 0 aliphatic carbocycles. The highest BCUT2D eigenvalue weighted by Crippen LogP contribution is 2.16. The maximum Gasteiger partial charge on any atom is 0.146 e. The molecule has 0 bridgehead atoms. The Morgan fingerprint density at radius 3 is 2.67 bits per heavy atom. The van der Waals surface area contributed by atoms with Crippen molar-refractivity contribution < 1.29 is 9.50 Å². The Hall–Kier alpha value is -1.13. The van der Waals surface area contributed by atoms with Crippen molar-refractivity contribution >= 4 is 5.69 Å². The molecule has 0 aliphatic rings. The van der Waals surface area contributed by atoms with Crippen LogP contribution in [0.4, 0.5) is 10.1 Å². The summed E-state index contributed by atoms with van der Waals surface area (Å²) in [7, 11) is 0. The molecule has 4 heteroatoms. The molecule has 12 heavy (non-hydrogen) atoms. The molecular weight excluding hydrogens is 159 g/mol. The Morgan fingerprint density at radius 1 is 1.50 bits per heavy atom. The van der Waals surface area contributed by atoms with Crippen molar-refractivity contribution in [1.29, 1.82) is 0 Å². The highest BCUT2D eigenvalue weighted by molar-refractivity contribution is 5.41. The second kappa shape index (κ2) is 3.51. The van der Waals surface area contributed by atoms with Gasteiger partial charge in [-0.3, -0.25) is 0 Å². The Balaban J connectivity index is 2.96. The van der Waals surface area contributed by atoms with E-state index in [4.69, 9.17) is 16.6 Å². The molecule has 0 unspecified atom stereocenters. The SMILES string of the molecule is Nc1ccc([C@H](N)CO)cc1F. The average Bonchev–Trinajstić information content (AvgIpc) is 2.08. The number of hydrogen-bond donors (Lipinski definition) is 3. The van der Waals surface area contributed by atoms with Crippen molar-refractivity contribution in [1.82, 2.24) is 0 Å². The van der Waals surface area contributed by atoms with Crippen LogP contribution in [0.15, 0.2) is 18.2 Å². The van der Waals surface area contributed by atoms with Crippen molar-refractivity contribution in [2.45, 2.75) is 6.04 Å². The monoisotopic (exact) mass is 170 g/mol. The molecule has 3 nitrogen and oxygen atoms in total. The van der Waals surface area contributed by atoms with Gasteiger partial charge in [-0.2, -0.15) is 0 Å². The molecule has 1 aromatic carbocycles. The number of nitrogen functional groups attached to an aromatic ring is 1. The third-order valence-electron chi connectivity index (χ3n) is 1.65. The molecule has 0 saturated carbocycles. The van der Waals surface area contributed by atoms with Crippen molar-refractivity contribution in [3.63, 3.8) is 0 Å². The van der Waals surface area contributed by atoms with Crippen molar-refractivity contribution in [2.75, 3.05) is 12.3 Å². The maximum absolute atomic E-state index is 12.8. The summed E-state index contributed by atoms with van der Waals surface area (Å²) < 4.78 is 12.8.